The smallest absolute Gasteiger partial charge is 0.214 e. The van der Waals surface area contributed by atoms with Gasteiger partial charge in [0.1, 0.15) is 0 Å². The van der Waals surface area contributed by atoms with Crippen LogP contribution in [0.2, 0.25) is 0 Å². The Labute approximate surface area is 142 Å². The van der Waals surface area contributed by atoms with Crippen molar-refractivity contribution in [3.63, 3.8) is 0 Å². The maximum atomic E-state index is 13.7. The van der Waals surface area contributed by atoms with E-state index in [9.17, 15) is 12.8 Å². The number of pyridine rings is 1. The van der Waals surface area contributed by atoms with Crippen LogP contribution in [0.3, 0.4) is 0 Å². The Morgan fingerprint density at radius 3 is 3.12 bits per heavy atom. The zero-order valence-electron chi connectivity index (χ0n) is 13.9. The number of nitrogens with zero attached hydrogens (tertiary/aromatic N) is 2. The van der Waals surface area contributed by atoms with Gasteiger partial charge in [-0.15, -0.1) is 0 Å². The summed E-state index contributed by atoms with van der Waals surface area (Å²) in [4.78, 5) is 4.01. The third-order valence-electron chi connectivity index (χ3n) is 4.67. The van der Waals surface area contributed by atoms with Crippen molar-refractivity contribution in [2.45, 2.75) is 44.2 Å². The second-order valence-corrected chi connectivity index (χ2v) is 8.71. The largest absolute Gasteiger partial charge is 0.371 e. The Bertz CT molecular complexity index is 685. The third-order valence-corrected chi connectivity index (χ3v) is 6.69. The summed E-state index contributed by atoms with van der Waals surface area (Å²) >= 11 is 0. The van der Waals surface area contributed by atoms with Gasteiger partial charge in [-0.25, -0.2) is 17.8 Å². The van der Waals surface area contributed by atoms with E-state index in [0.717, 1.165) is 12.8 Å². The quantitative estimate of drug-likeness (QED) is 0.873. The minimum absolute atomic E-state index is 0.0665. The average molecular weight is 357 g/mol. The summed E-state index contributed by atoms with van der Waals surface area (Å²) < 4.78 is 46.0. The van der Waals surface area contributed by atoms with Gasteiger partial charge in [-0.1, -0.05) is 6.92 Å². The van der Waals surface area contributed by atoms with Crippen LogP contribution in [-0.2, 0) is 14.8 Å². The van der Waals surface area contributed by atoms with Crippen LogP contribution in [0.25, 0.3) is 0 Å². The van der Waals surface area contributed by atoms with Crippen molar-refractivity contribution in [3.8, 4) is 0 Å². The second kappa shape index (κ2) is 6.93. The van der Waals surface area contributed by atoms with E-state index in [1.54, 1.807) is 10.4 Å². The van der Waals surface area contributed by atoms with Gasteiger partial charge < -0.3 is 10.1 Å². The minimum atomic E-state index is -3.22. The number of halogens is 1. The fraction of sp³-hybridized carbons (Fsp3) is 0.688. The number of sulfonamides is 1. The number of anilines is 1. The standard InChI is InChI=1S/C16H24FN3O3S/c1-2-9-24(21,22)20-8-4-6-16(12-20)10-13(11-23-16)19-15-14(17)5-3-7-18-15/h3,5,7,13H,2,4,6,8-12H2,1H3,(H,18,19)/t13-,16+/m1/s1. The molecule has 3 rings (SSSR count). The van der Waals surface area contributed by atoms with Crippen molar-refractivity contribution < 1.29 is 17.5 Å². The highest BCUT2D eigenvalue weighted by molar-refractivity contribution is 7.89. The van der Waals surface area contributed by atoms with Gasteiger partial charge in [0.05, 0.1) is 24.0 Å². The van der Waals surface area contributed by atoms with Crippen LogP contribution in [0, 0.1) is 5.82 Å². The molecular formula is C16H24FN3O3S. The molecule has 8 heteroatoms. The first-order chi connectivity index (χ1) is 11.4. The Hall–Kier alpha value is -1.25. The summed E-state index contributed by atoms with van der Waals surface area (Å²) in [5.41, 5.74) is -0.470. The molecule has 1 spiro atoms. The van der Waals surface area contributed by atoms with Crippen molar-refractivity contribution in [3.05, 3.63) is 24.1 Å². The summed E-state index contributed by atoms with van der Waals surface area (Å²) in [6, 6.07) is 2.84. The van der Waals surface area contributed by atoms with Crippen LogP contribution in [0.1, 0.15) is 32.6 Å². The van der Waals surface area contributed by atoms with Gasteiger partial charge in [0.25, 0.3) is 0 Å². The van der Waals surface area contributed by atoms with Gasteiger partial charge in [-0.05, 0) is 31.4 Å². The van der Waals surface area contributed by atoms with Crippen molar-refractivity contribution in [2.75, 3.05) is 30.8 Å². The number of nitrogens with one attached hydrogen (secondary N) is 1. The third kappa shape index (κ3) is 3.70. The van der Waals surface area contributed by atoms with E-state index in [1.165, 1.54) is 12.3 Å². The molecule has 2 saturated heterocycles. The molecule has 0 saturated carbocycles. The average Bonchev–Trinajstić information content (AvgIpc) is 2.92. The molecule has 0 unspecified atom stereocenters. The number of piperidine rings is 1. The first kappa shape index (κ1) is 17.6. The molecule has 3 heterocycles. The highest BCUT2D eigenvalue weighted by Gasteiger charge is 2.45. The lowest BCUT2D eigenvalue weighted by Gasteiger charge is -2.39. The number of hydrogen-bond acceptors (Lipinski definition) is 5. The number of hydrogen-bond donors (Lipinski definition) is 1. The molecule has 2 aliphatic rings. The van der Waals surface area contributed by atoms with Crippen molar-refractivity contribution in [2.24, 2.45) is 0 Å². The van der Waals surface area contributed by atoms with Crippen LogP contribution >= 0.6 is 0 Å². The zero-order valence-corrected chi connectivity index (χ0v) is 14.7. The molecule has 134 valence electrons. The molecule has 2 aliphatic heterocycles. The van der Waals surface area contributed by atoms with Gasteiger partial charge in [-0.2, -0.15) is 4.31 Å². The van der Waals surface area contributed by atoms with Crippen molar-refractivity contribution in [1.29, 1.82) is 0 Å². The molecule has 1 aromatic heterocycles. The van der Waals surface area contributed by atoms with Gasteiger partial charge in [0, 0.05) is 25.7 Å². The van der Waals surface area contributed by atoms with E-state index >= 15 is 0 Å². The highest BCUT2D eigenvalue weighted by atomic mass is 32.2. The van der Waals surface area contributed by atoms with Gasteiger partial charge >= 0.3 is 0 Å². The Morgan fingerprint density at radius 2 is 2.38 bits per heavy atom. The van der Waals surface area contributed by atoms with Crippen LogP contribution in [0.5, 0.6) is 0 Å². The van der Waals surface area contributed by atoms with Gasteiger partial charge in [-0.3, -0.25) is 0 Å². The zero-order chi connectivity index (χ0) is 17.2. The topological polar surface area (TPSA) is 71.5 Å². The van der Waals surface area contributed by atoms with Crippen LogP contribution in [0.4, 0.5) is 10.2 Å². The molecule has 0 bridgehead atoms. The SMILES string of the molecule is CCCS(=O)(=O)N1CCC[C@]2(C[C@@H](Nc3ncccc3F)CO2)C1. The Morgan fingerprint density at radius 1 is 1.54 bits per heavy atom. The van der Waals surface area contributed by atoms with E-state index in [-0.39, 0.29) is 17.6 Å². The fourth-order valence-electron chi connectivity index (χ4n) is 3.59. The predicted molar refractivity (Wildman–Crippen MR) is 89.8 cm³/mol. The maximum Gasteiger partial charge on any atom is 0.214 e. The lowest BCUT2D eigenvalue weighted by molar-refractivity contribution is -0.0329. The van der Waals surface area contributed by atoms with Gasteiger partial charge in [0.2, 0.25) is 10.0 Å². The van der Waals surface area contributed by atoms with E-state index in [0.29, 0.717) is 32.5 Å². The summed E-state index contributed by atoms with van der Waals surface area (Å²) in [6.45, 7) is 3.24. The molecule has 1 N–H and O–H groups in total. The Balaban J connectivity index is 1.66. The molecule has 2 fully saturated rings. The molecule has 24 heavy (non-hydrogen) atoms. The molecular weight excluding hydrogens is 333 g/mol. The van der Waals surface area contributed by atoms with E-state index < -0.39 is 21.4 Å². The number of rotatable bonds is 5. The van der Waals surface area contributed by atoms with E-state index in [4.69, 9.17) is 4.74 Å². The van der Waals surface area contributed by atoms with Crippen LogP contribution < -0.4 is 5.32 Å². The molecule has 0 radical (unpaired) electrons. The summed E-state index contributed by atoms with van der Waals surface area (Å²) in [5.74, 6) is -0.00662. The van der Waals surface area contributed by atoms with Crippen molar-refractivity contribution in [1.82, 2.24) is 9.29 Å². The highest BCUT2D eigenvalue weighted by Crippen LogP contribution is 2.36. The molecule has 0 amide bonds. The van der Waals surface area contributed by atoms with Gasteiger partial charge in [0.15, 0.2) is 11.6 Å². The lowest BCUT2D eigenvalue weighted by atomic mass is 9.90. The Kier molecular flexibility index (Phi) is 5.08. The second-order valence-electron chi connectivity index (χ2n) is 6.63. The molecule has 0 aliphatic carbocycles. The first-order valence-electron chi connectivity index (χ1n) is 8.43. The fourth-order valence-corrected chi connectivity index (χ4v) is 5.20. The number of ether oxygens (including phenoxy) is 1. The monoisotopic (exact) mass is 357 g/mol. The maximum absolute atomic E-state index is 13.7. The summed E-state index contributed by atoms with van der Waals surface area (Å²) in [6.07, 6.45) is 4.41. The molecule has 0 aromatic carbocycles. The lowest BCUT2D eigenvalue weighted by Crippen LogP contribution is -2.50. The molecule has 6 nitrogen and oxygen atoms in total. The summed E-state index contributed by atoms with van der Waals surface area (Å²) in [5, 5.41) is 3.08. The van der Waals surface area contributed by atoms with Crippen LogP contribution in [0.15, 0.2) is 18.3 Å². The molecule has 2 atom stereocenters. The molecule has 1 aromatic rings. The van der Waals surface area contributed by atoms with E-state index in [1.807, 2.05) is 6.92 Å². The van der Waals surface area contributed by atoms with E-state index in [2.05, 4.69) is 10.3 Å². The first-order valence-corrected chi connectivity index (χ1v) is 10.0. The number of aromatic nitrogens is 1. The normalized spacial score (nSPS) is 28.3. The minimum Gasteiger partial charge on any atom is -0.371 e. The summed E-state index contributed by atoms with van der Waals surface area (Å²) in [7, 11) is -3.22. The van der Waals surface area contributed by atoms with Crippen molar-refractivity contribution >= 4 is 15.8 Å². The van der Waals surface area contributed by atoms with Crippen LogP contribution in [-0.4, -0.2) is 54.8 Å². The predicted octanol–water partition coefficient (Wildman–Crippen LogP) is 2.00.